The van der Waals surface area contributed by atoms with Gasteiger partial charge >= 0.3 is 0 Å². The lowest BCUT2D eigenvalue weighted by Crippen LogP contribution is -2.30. The third-order valence-corrected chi connectivity index (χ3v) is 9.12. The zero-order valence-corrected chi connectivity index (χ0v) is 21.0. The first-order valence-electron chi connectivity index (χ1n) is 11.2. The number of thiazole rings is 2. The van der Waals surface area contributed by atoms with Crippen molar-refractivity contribution in [1.29, 1.82) is 0 Å². The van der Waals surface area contributed by atoms with Gasteiger partial charge in [0, 0.05) is 23.5 Å². The molecule has 0 radical (unpaired) electrons. The van der Waals surface area contributed by atoms with E-state index in [4.69, 9.17) is 14.7 Å². The van der Waals surface area contributed by atoms with Crippen molar-refractivity contribution in [2.24, 2.45) is 0 Å². The molecule has 0 bridgehead atoms. The Kier molecular flexibility index (Phi) is 5.54. The van der Waals surface area contributed by atoms with Crippen LogP contribution >= 0.6 is 34.0 Å². The monoisotopic (exact) mass is 492 g/mol. The van der Waals surface area contributed by atoms with Crippen LogP contribution in [0.15, 0.2) is 42.5 Å². The van der Waals surface area contributed by atoms with E-state index in [0.717, 1.165) is 62.7 Å². The highest BCUT2D eigenvalue weighted by Gasteiger charge is 2.27. The first-order valence-corrected chi connectivity index (χ1v) is 13.6. The van der Waals surface area contributed by atoms with E-state index >= 15 is 0 Å². The van der Waals surface area contributed by atoms with E-state index in [1.54, 1.807) is 29.8 Å². The van der Waals surface area contributed by atoms with Crippen LogP contribution in [-0.2, 0) is 13.0 Å². The van der Waals surface area contributed by atoms with Crippen molar-refractivity contribution in [3.05, 3.63) is 52.9 Å². The minimum Gasteiger partial charge on any atom is -0.497 e. The molecule has 0 fully saturated rings. The van der Waals surface area contributed by atoms with Crippen LogP contribution in [0.1, 0.15) is 23.8 Å². The van der Waals surface area contributed by atoms with Gasteiger partial charge < -0.3 is 10.1 Å². The number of benzene rings is 2. The number of nitrogens with one attached hydrogen (secondary N) is 1. The van der Waals surface area contributed by atoms with E-state index in [1.165, 1.54) is 27.1 Å². The van der Waals surface area contributed by atoms with E-state index < -0.39 is 0 Å². The maximum Gasteiger partial charge on any atom is 0.188 e. The van der Waals surface area contributed by atoms with Gasteiger partial charge in [0.15, 0.2) is 5.13 Å². The van der Waals surface area contributed by atoms with E-state index in [9.17, 15) is 0 Å². The van der Waals surface area contributed by atoms with Gasteiger partial charge in [0.2, 0.25) is 0 Å². The number of rotatable bonds is 6. The molecule has 0 aliphatic carbocycles. The van der Waals surface area contributed by atoms with Crippen LogP contribution in [0, 0.1) is 0 Å². The first kappa shape index (κ1) is 21.0. The summed E-state index contributed by atoms with van der Waals surface area (Å²) in [7, 11) is 1.70. The van der Waals surface area contributed by atoms with Crippen molar-refractivity contribution in [3.63, 3.8) is 0 Å². The van der Waals surface area contributed by atoms with Crippen LogP contribution in [0.5, 0.6) is 5.75 Å². The van der Waals surface area contributed by atoms with Crippen molar-refractivity contribution in [1.82, 2.24) is 14.9 Å². The number of fused-ring (bicyclic) bond motifs is 3. The Labute approximate surface area is 204 Å². The number of anilines is 2. The number of ether oxygens (including phenoxy) is 1. The SMILES string of the molecule is CCCN1CCc2c(sc(Nc3nc4ccc(OC)cc4s3)c2-c2nc3ccccc3s2)C1. The maximum atomic E-state index is 5.39. The van der Waals surface area contributed by atoms with E-state index in [-0.39, 0.29) is 0 Å². The largest absolute Gasteiger partial charge is 0.497 e. The molecule has 1 aliphatic rings. The molecule has 4 heterocycles. The molecule has 6 rings (SSSR count). The third kappa shape index (κ3) is 3.91. The molecule has 1 N–H and O–H groups in total. The molecular formula is C25H24N4OS3. The lowest BCUT2D eigenvalue weighted by atomic mass is 10.0. The Balaban J connectivity index is 1.44. The normalized spacial score (nSPS) is 14.1. The number of hydrogen-bond acceptors (Lipinski definition) is 8. The average Bonchev–Trinajstić information content (AvgIpc) is 3.52. The van der Waals surface area contributed by atoms with E-state index in [2.05, 4.69) is 47.5 Å². The molecule has 33 heavy (non-hydrogen) atoms. The first-order chi connectivity index (χ1) is 16.2. The predicted molar refractivity (Wildman–Crippen MR) is 142 cm³/mol. The molecule has 8 heteroatoms. The maximum absolute atomic E-state index is 5.39. The fourth-order valence-corrected chi connectivity index (χ4v) is 7.80. The van der Waals surface area contributed by atoms with Crippen LogP contribution in [0.4, 0.5) is 10.1 Å². The fourth-order valence-electron chi connectivity index (χ4n) is 4.44. The van der Waals surface area contributed by atoms with Crippen molar-refractivity contribution in [3.8, 4) is 16.3 Å². The van der Waals surface area contributed by atoms with Crippen molar-refractivity contribution < 1.29 is 4.74 Å². The van der Waals surface area contributed by atoms with Crippen molar-refractivity contribution in [2.75, 3.05) is 25.5 Å². The Morgan fingerprint density at radius 2 is 1.91 bits per heavy atom. The summed E-state index contributed by atoms with van der Waals surface area (Å²) in [6, 6.07) is 14.4. The molecule has 2 aromatic carbocycles. The Bertz CT molecular complexity index is 1420. The number of aromatic nitrogens is 2. The highest BCUT2D eigenvalue weighted by molar-refractivity contribution is 7.24. The summed E-state index contributed by atoms with van der Waals surface area (Å²) < 4.78 is 7.74. The number of thiophene rings is 1. The van der Waals surface area contributed by atoms with E-state index in [1.807, 2.05) is 23.5 Å². The molecule has 0 unspecified atom stereocenters. The number of methoxy groups -OCH3 is 1. The summed E-state index contributed by atoms with van der Waals surface area (Å²) in [5.41, 5.74) is 4.78. The molecule has 5 aromatic rings. The highest BCUT2D eigenvalue weighted by atomic mass is 32.1. The van der Waals surface area contributed by atoms with Gasteiger partial charge in [-0.15, -0.1) is 22.7 Å². The van der Waals surface area contributed by atoms with Gasteiger partial charge in [-0.3, -0.25) is 4.90 Å². The highest BCUT2D eigenvalue weighted by Crippen LogP contribution is 2.47. The van der Waals surface area contributed by atoms with Gasteiger partial charge in [-0.2, -0.15) is 0 Å². The van der Waals surface area contributed by atoms with Gasteiger partial charge in [-0.05, 0) is 55.3 Å². The molecule has 0 saturated heterocycles. The molecule has 0 saturated carbocycles. The van der Waals surface area contributed by atoms with Crippen LogP contribution in [0.25, 0.3) is 31.0 Å². The molecule has 0 spiro atoms. The van der Waals surface area contributed by atoms with Gasteiger partial charge in [-0.25, -0.2) is 9.97 Å². The molecule has 3 aromatic heterocycles. The summed E-state index contributed by atoms with van der Waals surface area (Å²) in [6.45, 7) is 5.53. The van der Waals surface area contributed by atoms with Crippen LogP contribution in [-0.4, -0.2) is 35.1 Å². The summed E-state index contributed by atoms with van der Waals surface area (Å²) in [6.07, 6.45) is 2.25. The number of hydrogen-bond donors (Lipinski definition) is 1. The molecule has 5 nitrogen and oxygen atoms in total. The van der Waals surface area contributed by atoms with Crippen LogP contribution in [0.3, 0.4) is 0 Å². The fraction of sp³-hybridized carbons (Fsp3) is 0.280. The van der Waals surface area contributed by atoms with Gasteiger partial charge in [0.05, 0.1) is 27.5 Å². The number of nitrogens with zero attached hydrogens (tertiary/aromatic N) is 3. The topological polar surface area (TPSA) is 50.3 Å². The summed E-state index contributed by atoms with van der Waals surface area (Å²) in [5, 5.41) is 6.84. The van der Waals surface area contributed by atoms with E-state index in [0.29, 0.717) is 0 Å². The Morgan fingerprint density at radius 3 is 2.76 bits per heavy atom. The quantitative estimate of drug-likeness (QED) is 0.273. The second-order valence-corrected chi connectivity index (χ2v) is 11.4. The lowest BCUT2D eigenvalue weighted by Gasteiger charge is -2.26. The zero-order chi connectivity index (χ0) is 22.4. The second-order valence-electron chi connectivity index (χ2n) is 8.20. The van der Waals surface area contributed by atoms with Crippen LogP contribution in [0.2, 0.25) is 0 Å². The van der Waals surface area contributed by atoms with Crippen LogP contribution < -0.4 is 10.1 Å². The van der Waals surface area contributed by atoms with Crippen molar-refractivity contribution >= 4 is 64.6 Å². The molecule has 168 valence electrons. The summed E-state index contributed by atoms with van der Waals surface area (Å²) in [5.74, 6) is 0.857. The lowest BCUT2D eigenvalue weighted by molar-refractivity contribution is 0.258. The van der Waals surface area contributed by atoms with Gasteiger partial charge in [0.25, 0.3) is 0 Å². The smallest absolute Gasteiger partial charge is 0.188 e. The average molecular weight is 493 g/mol. The minimum absolute atomic E-state index is 0.857. The van der Waals surface area contributed by atoms with Gasteiger partial charge in [-0.1, -0.05) is 30.4 Å². The Morgan fingerprint density at radius 1 is 1.03 bits per heavy atom. The minimum atomic E-state index is 0.857. The summed E-state index contributed by atoms with van der Waals surface area (Å²) in [4.78, 5) is 13.9. The zero-order valence-electron chi connectivity index (χ0n) is 18.6. The molecular weight excluding hydrogens is 469 g/mol. The molecule has 1 aliphatic heterocycles. The Hall–Kier alpha value is -2.52. The standard InChI is InChI=1S/C25H24N4OS3/c1-3-11-29-12-10-16-21(14-29)32-24(22(16)23-26-17-6-4-5-7-19(17)31-23)28-25-27-18-9-8-15(30-2)13-20(18)33-25/h4-9,13H,3,10-12,14H2,1-2H3,(H,27,28). The molecule has 0 atom stereocenters. The number of para-hydroxylation sites is 1. The predicted octanol–water partition coefficient (Wildman–Crippen LogP) is 7.15. The third-order valence-electron chi connectivity index (χ3n) is 6.00. The van der Waals surface area contributed by atoms with Crippen molar-refractivity contribution in [2.45, 2.75) is 26.3 Å². The summed E-state index contributed by atoms with van der Waals surface area (Å²) >= 11 is 5.31. The molecule has 0 amide bonds. The second kappa shape index (κ2) is 8.68. The van der Waals surface area contributed by atoms with Gasteiger partial charge in [0.1, 0.15) is 15.8 Å².